The van der Waals surface area contributed by atoms with Crippen LogP contribution in [0.1, 0.15) is 44.7 Å². The highest BCUT2D eigenvalue weighted by Crippen LogP contribution is 2.31. The molecule has 7 nitrogen and oxygen atoms in total. The van der Waals surface area contributed by atoms with E-state index >= 15 is 0 Å². The highest BCUT2D eigenvalue weighted by molar-refractivity contribution is 7.80. The number of unbranched alkanes of at least 4 members (excludes halogenated alkanes) is 1. The number of carbonyl (C=O) groups excluding carboxylic acids is 2. The summed E-state index contributed by atoms with van der Waals surface area (Å²) in [7, 11) is 3.36. The molecule has 8 heteroatoms. The second-order valence-corrected chi connectivity index (χ2v) is 7.23. The topological polar surface area (TPSA) is 79.9 Å². The van der Waals surface area contributed by atoms with Crippen molar-refractivity contribution in [2.45, 2.75) is 39.2 Å². The lowest BCUT2D eigenvalue weighted by Gasteiger charge is -2.35. The number of rotatable bonds is 9. The zero-order valence-corrected chi connectivity index (χ0v) is 18.2. The van der Waals surface area contributed by atoms with Crippen LogP contribution in [0.15, 0.2) is 35.5 Å². The summed E-state index contributed by atoms with van der Waals surface area (Å²) in [6, 6.07) is 6.96. The van der Waals surface area contributed by atoms with Gasteiger partial charge in [0.25, 0.3) is 0 Å². The molecule has 0 saturated carbocycles. The summed E-state index contributed by atoms with van der Waals surface area (Å²) in [6.07, 6.45) is 2.34. The summed E-state index contributed by atoms with van der Waals surface area (Å²) < 4.78 is 10.3. The zero-order chi connectivity index (χ0) is 21.4. The van der Waals surface area contributed by atoms with Crippen molar-refractivity contribution < 1.29 is 19.1 Å². The number of allylic oxidation sites excluding steroid dienone is 1. The van der Waals surface area contributed by atoms with Gasteiger partial charge < -0.3 is 25.0 Å². The molecule has 1 amide bonds. The summed E-state index contributed by atoms with van der Waals surface area (Å²) in [5.74, 6) is -0.417. The van der Waals surface area contributed by atoms with Crippen LogP contribution in [0.5, 0.6) is 0 Å². The number of nitrogens with one attached hydrogen (secondary N) is 2. The van der Waals surface area contributed by atoms with Crippen molar-refractivity contribution in [3.05, 3.63) is 41.1 Å². The van der Waals surface area contributed by atoms with Crippen molar-refractivity contribution in [3.63, 3.8) is 0 Å². The summed E-state index contributed by atoms with van der Waals surface area (Å²) in [5.41, 5.74) is 2.80. The maximum Gasteiger partial charge on any atom is 0.338 e. The molecule has 0 saturated heterocycles. The van der Waals surface area contributed by atoms with Crippen LogP contribution in [0.4, 0.5) is 5.69 Å². The molecule has 2 rings (SSSR count). The van der Waals surface area contributed by atoms with E-state index in [1.165, 1.54) is 0 Å². The van der Waals surface area contributed by atoms with Crippen LogP contribution >= 0.6 is 12.2 Å². The van der Waals surface area contributed by atoms with Gasteiger partial charge in [-0.3, -0.25) is 4.79 Å². The monoisotopic (exact) mass is 419 g/mol. The average molecular weight is 420 g/mol. The van der Waals surface area contributed by atoms with Crippen molar-refractivity contribution >= 4 is 34.9 Å². The third-order valence-corrected chi connectivity index (χ3v) is 5.17. The molecule has 0 bridgehead atoms. The minimum Gasteiger partial charge on any atom is -0.460 e. The van der Waals surface area contributed by atoms with Crippen LogP contribution in [0, 0.1) is 0 Å². The number of amides is 1. The van der Waals surface area contributed by atoms with E-state index in [-0.39, 0.29) is 12.5 Å². The Morgan fingerprint density at radius 2 is 1.93 bits per heavy atom. The third kappa shape index (κ3) is 6.01. The Morgan fingerprint density at radius 3 is 2.55 bits per heavy atom. The van der Waals surface area contributed by atoms with Gasteiger partial charge in [-0.2, -0.15) is 0 Å². The van der Waals surface area contributed by atoms with Gasteiger partial charge in [0.15, 0.2) is 5.11 Å². The van der Waals surface area contributed by atoms with Crippen molar-refractivity contribution in [2.24, 2.45) is 0 Å². The first-order chi connectivity index (χ1) is 13.9. The molecule has 1 aliphatic heterocycles. The first kappa shape index (κ1) is 22.8. The number of thiocarbonyl (C=S) groups is 1. The van der Waals surface area contributed by atoms with Crippen LogP contribution in [0.25, 0.3) is 0 Å². The molecular weight excluding hydrogens is 390 g/mol. The molecule has 0 radical (unpaired) electrons. The fraction of sp³-hybridized carbons (Fsp3) is 0.476. The Hall–Kier alpha value is -2.45. The number of nitrogens with zero attached hydrogens (tertiary/aromatic N) is 1. The standard InChI is InChI=1S/C21H29N3O4S/c1-5-6-7-17(25)22-16-10-8-15(9-11-16)19-18(20(26)28-13-12-27-4)14(2)24(3)21(29)23-19/h8-11,19H,5-7,12-13H2,1-4H3,(H,22,25)(H,23,29). The molecule has 2 N–H and O–H groups in total. The van der Waals surface area contributed by atoms with E-state index in [1.54, 1.807) is 19.1 Å². The number of carbonyl (C=O) groups is 2. The van der Waals surface area contributed by atoms with E-state index in [9.17, 15) is 9.59 Å². The van der Waals surface area contributed by atoms with Gasteiger partial charge in [0.05, 0.1) is 18.2 Å². The number of anilines is 1. The first-order valence-electron chi connectivity index (χ1n) is 9.69. The van der Waals surface area contributed by atoms with E-state index in [2.05, 4.69) is 17.6 Å². The Bertz CT molecular complexity index is 777. The van der Waals surface area contributed by atoms with E-state index in [1.807, 2.05) is 31.2 Å². The number of hydrogen-bond donors (Lipinski definition) is 2. The smallest absolute Gasteiger partial charge is 0.338 e. The third-order valence-electron chi connectivity index (χ3n) is 4.78. The number of ether oxygens (including phenoxy) is 2. The van der Waals surface area contributed by atoms with E-state index in [0.29, 0.717) is 23.7 Å². The predicted octanol–water partition coefficient (Wildman–Crippen LogP) is 3.14. The van der Waals surface area contributed by atoms with Gasteiger partial charge >= 0.3 is 5.97 Å². The van der Waals surface area contributed by atoms with Crippen LogP contribution in [-0.2, 0) is 19.1 Å². The largest absolute Gasteiger partial charge is 0.460 e. The first-order valence-corrected chi connectivity index (χ1v) is 10.1. The molecule has 1 atom stereocenters. The van der Waals surface area contributed by atoms with Gasteiger partial charge in [0.1, 0.15) is 6.61 Å². The SMILES string of the molecule is CCCCC(=O)Nc1ccc(C2NC(=S)N(C)C(C)=C2C(=O)OCCOC)cc1. The molecule has 0 fully saturated rings. The van der Waals surface area contributed by atoms with Crippen molar-refractivity contribution in [3.8, 4) is 0 Å². The molecule has 1 aromatic carbocycles. The molecule has 29 heavy (non-hydrogen) atoms. The van der Waals surface area contributed by atoms with Crippen molar-refractivity contribution in [1.82, 2.24) is 10.2 Å². The molecular formula is C21H29N3O4S. The summed E-state index contributed by atoms with van der Waals surface area (Å²) >= 11 is 5.40. The number of benzene rings is 1. The summed E-state index contributed by atoms with van der Waals surface area (Å²) in [5, 5.41) is 6.62. The van der Waals surface area contributed by atoms with Crippen LogP contribution in [0.2, 0.25) is 0 Å². The van der Waals surface area contributed by atoms with Crippen LogP contribution < -0.4 is 10.6 Å². The molecule has 1 aromatic rings. The molecule has 0 aromatic heterocycles. The summed E-state index contributed by atoms with van der Waals surface area (Å²) in [6.45, 7) is 4.40. The van der Waals surface area contributed by atoms with Crippen molar-refractivity contribution in [1.29, 1.82) is 0 Å². The second-order valence-electron chi connectivity index (χ2n) is 6.84. The highest BCUT2D eigenvalue weighted by atomic mass is 32.1. The lowest BCUT2D eigenvalue weighted by Crippen LogP contribution is -2.46. The molecule has 0 spiro atoms. The van der Waals surface area contributed by atoms with Crippen LogP contribution in [0.3, 0.4) is 0 Å². The fourth-order valence-corrected chi connectivity index (χ4v) is 3.22. The minimum absolute atomic E-state index is 0.00339. The Labute approximate surface area is 177 Å². The number of hydrogen-bond acceptors (Lipinski definition) is 5. The van der Waals surface area contributed by atoms with Gasteiger partial charge in [-0.25, -0.2) is 4.79 Å². The van der Waals surface area contributed by atoms with Gasteiger partial charge in [-0.05, 0) is 43.3 Å². The normalized spacial score (nSPS) is 16.5. The zero-order valence-electron chi connectivity index (χ0n) is 17.4. The van der Waals surface area contributed by atoms with Gasteiger partial charge in [0.2, 0.25) is 5.91 Å². The number of esters is 1. The maximum atomic E-state index is 12.7. The Kier molecular flexibility index (Phi) is 8.60. The predicted molar refractivity (Wildman–Crippen MR) is 116 cm³/mol. The van der Waals surface area contributed by atoms with Crippen LogP contribution in [-0.4, -0.2) is 49.3 Å². The summed E-state index contributed by atoms with van der Waals surface area (Å²) in [4.78, 5) is 26.4. The molecule has 0 aliphatic carbocycles. The Morgan fingerprint density at radius 1 is 1.24 bits per heavy atom. The van der Waals surface area contributed by atoms with Gasteiger partial charge in [0, 0.05) is 32.0 Å². The lowest BCUT2D eigenvalue weighted by atomic mass is 9.95. The number of methoxy groups -OCH3 is 1. The Balaban J connectivity index is 2.22. The van der Waals surface area contributed by atoms with Gasteiger partial charge in [-0.15, -0.1) is 0 Å². The molecule has 1 aliphatic rings. The quantitative estimate of drug-likeness (QED) is 0.362. The molecule has 1 unspecified atom stereocenters. The highest BCUT2D eigenvalue weighted by Gasteiger charge is 2.33. The molecule has 158 valence electrons. The fourth-order valence-electron chi connectivity index (χ4n) is 2.97. The van der Waals surface area contributed by atoms with E-state index in [0.717, 1.165) is 29.8 Å². The molecule has 1 heterocycles. The van der Waals surface area contributed by atoms with Gasteiger partial charge in [-0.1, -0.05) is 25.5 Å². The second kappa shape index (κ2) is 10.9. The van der Waals surface area contributed by atoms with E-state index < -0.39 is 12.0 Å². The minimum atomic E-state index is -0.432. The lowest BCUT2D eigenvalue weighted by molar-refractivity contribution is -0.140. The maximum absolute atomic E-state index is 12.7. The van der Waals surface area contributed by atoms with E-state index in [4.69, 9.17) is 21.7 Å². The van der Waals surface area contributed by atoms with Crippen molar-refractivity contribution in [2.75, 3.05) is 32.7 Å². The average Bonchev–Trinajstić information content (AvgIpc) is 2.71.